The summed E-state index contributed by atoms with van der Waals surface area (Å²) >= 11 is 11.7. The molecule has 0 aromatic heterocycles. The summed E-state index contributed by atoms with van der Waals surface area (Å²) in [6.45, 7) is 0. The summed E-state index contributed by atoms with van der Waals surface area (Å²) in [5.41, 5.74) is 1.05. The molecule has 104 valence electrons. The number of carboxylic acid groups (broad SMARTS) is 1. The van der Waals surface area contributed by atoms with Crippen molar-refractivity contribution in [1.82, 2.24) is 0 Å². The van der Waals surface area contributed by atoms with Crippen molar-refractivity contribution in [2.24, 2.45) is 0 Å². The van der Waals surface area contributed by atoms with E-state index in [-0.39, 0.29) is 5.56 Å². The lowest BCUT2D eigenvalue weighted by atomic mass is 10.1. The fourth-order valence-corrected chi connectivity index (χ4v) is 2.07. The molecule has 0 heterocycles. The molecule has 2 aromatic carbocycles. The molecule has 2 aromatic rings. The van der Waals surface area contributed by atoms with Crippen LogP contribution in [0.4, 0.5) is 11.4 Å². The molecular weight excluding hydrogens is 301 g/mol. The molecule has 0 fully saturated rings. The van der Waals surface area contributed by atoms with Gasteiger partial charge in [0.15, 0.2) is 0 Å². The first-order valence-electron chi connectivity index (χ1n) is 5.64. The van der Waals surface area contributed by atoms with Crippen molar-refractivity contribution in [2.45, 2.75) is 0 Å². The molecule has 0 aliphatic heterocycles. The van der Waals surface area contributed by atoms with Gasteiger partial charge >= 0.3 is 5.97 Å². The number of nitrogens with one attached hydrogen (secondary N) is 1. The van der Waals surface area contributed by atoms with E-state index in [1.807, 2.05) is 0 Å². The van der Waals surface area contributed by atoms with Crippen molar-refractivity contribution < 1.29 is 14.6 Å². The van der Waals surface area contributed by atoms with Gasteiger partial charge in [-0.05, 0) is 36.4 Å². The molecule has 0 bridgehead atoms. The number of halogens is 2. The monoisotopic (exact) mass is 311 g/mol. The Morgan fingerprint density at radius 2 is 1.75 bits per heavy atom. The molecule has 0 radical (unpaired) electrons. The number of anilines is 2. The van der Waals surface area contributed by atoms with E-state index in [1.54, 1.807) is 30.3 Å². The second-order valence-corrected chi connectivity index (χ2v) is 4.84. The summed E-state index contributed by atoms with van der Waals surface area (Å²) in [4.78, 5) is 11.2. The van der Waals surface area contributed by atoms with Crippen molar-refractivity contribution >= 4 is 40.5 Å². The van der Waals surface area contributed by atoms with E-state index in [1.165, 1.54) is 13.2 Å². The van der Waals surface area contributed by atoms with Gasteiger partial charge in [-0.15, -0.1) is 0 Å². The van der Waals surface area contributed by atoms with Crippen LogP contribution in [-0.4, -0.2) is 18.2 Å². The van der Waals surface area contributed by atoms with Gasteiger partial charge in [0.25, 0.3) is 0 Å². The van der Waals surface area contributed by atoms with Crippen molar-refractivity contribution in [3.63, 3.8) is 0 Å². The minimum absolute atomic E-state index is 0.0690. The van der Waals surface area contributed by atoms with Crippen LogP contribution in [0.1, 0.15) is 10.4 Å². The topological polar surface area (TPSA) is 58.6 Å². The van der Waals surface area contributed by atoms with E-state index >= 15 is 0 Å². The Morgan fingerprint density at radius 1 is 1.10 bits per heavy atom. The first kappa shape index (κ1) is 14.5. The number of ether oxygens (including phenoxy) is 1. The lowest BCUT2D eigenvalue weighted by Gasteiger charge is -2.13. The van der Waals surface area contributed by atoms with Gasteiger partial charge in [0.2, 0.25) is 0 Å². The maximum absolute atomic E-state index is 11.2. The van der Waals surface area contributed by atoms with Crippen molar-refractivity contribution in [3.05, 3.63) is 52.0 Å². The first-order chi connectivity index (χ1) is 9.51. The van der Waals surface area contributed by atoms with Gasteiger partial charge in [0.1, 0.15) is 5.75 Å². The van der Waals surface area contributed by atoms with Gasteiger partial charge < -0.3 is 15.2 Å². The molecule has 2 rings (SSSR count). The predicted octanol–water partition coefficient (Wildman–Crippen LogP) is 4.44. The molecule has 0 saturated heterocycles. The third-order valence-corrected chi connectivity index (χ3v) is 3.11. The van der Waals surface area contributed by atoms with Crippen LogP contribution in [0, 0.1) is 0 Å². The van der Waals surface area contributed by atoms with Crippen molar-refractivity contribution in [3.8, 4) is 5.75 Å². The fraction of sp³-hybridized carbons (Fsp3) is 0.0714. The van der Waals surface area contributed by atoms with Crippen LogP contribution in [0.15, 0.2) is 36.4 Å². The molecule has 0 aliphatic rings. The molecular formula is C14H11Cl2NO3. The van der Waals surface area contributed by atoms with E-state index in [0.29, 0.717) is 27.2 Å². The zero-order chi connectivity index (χ0) is 14.7. The Labute approximate surface area is 125 Å². The molecule has 0 atom stereocenters. The maximum atomic E-state index is 11.2. The molecule has 4 nitrogen and oxygen atoms in total. The second-order valence-electron chi connectivity index (χ2n) is 3.96. The Bertz CT molecular complexity index is 659. The zero-order valence-corrected chi connectivity index (χ0v) is 12.0. The van der Waals surface area contributed by atoms with E-state index < -0.39 is 5.97 Å². The van der Waals surface area contributed by atoms with Gasteiger partial charge in [-0.2, -0.15) is 0 Å². The molecule has 6 heteroatoms. The van der Waals surface area contributed by atoms with Crippen LogP contribution in [0.25, 0.3) is 0 Å². The molecule has 0 spiro atoms. The number of carbonyl (C=O) groups is 1. The first-order valence-corrected chi connectivity index (χ1v) is 6.40. The summed E-state index contributed by atoms with van der Waals surface area (Å²) in [7, 11) is 1.52. The SMILES string of the molecule is COc1ccc(Cl)cc1Nc1ccc(Cl)cc1C(=O)O. The predicted molar refractivity (Wildman–Crippen MR) is 79.7 cm³/mol. The van der Waals surface area contributed by atoms with Crippen LogP contribution >= 0.6 is 23.2 Å². The third kappa shape index (κ3) is 3.15. The number of benzene rings is 2. The summed E-state index contributed by atoms with van der Waals surface area (Å²) in [6, 6.07) is 9.61. The summed E-state index contributed by atoms with van der Waals surface area (Å²) in [6.07, 6.45) is 0. The van der Waals surface area contributed by atoms with E-state index in [9.17, 15) is 9.90 Å². The summed E-state index contributed by atoms with van der Waals surface area (Å²) in [5, 5.41) is 13.1. The Kier molecular flexibility index (Phi) is 4.37. The third-order valence-electron chi connectivity index (χ3n) is 2.64. The Balaban J connectivity index is 2.44. The molecule has 0 unspecified atom stereocenters. The molecule has 0 aliphatic carbocycles. The summed E-state index contributed by atoms with van der Waals surface area (Å²) < 4.78 is 5.20. The Hall–Kier alpha value is -1.91. The normalized spacial score (nSPS) is 10.2. The standard InChI is InChI=1S/C14H11Cl2NO3/c1-20-13-5-3-9(16)7-12(13)17-11-4-2-8(15)6-10(11)14(18)19/h2-7,17H,1H3,(H,18,19). The van der Waals surface area contributed by atoms with Gasteiger partial charge in [-0.3, -0.25) is 0 Å². The van der Waals surface area contributed by atoms with Crippen molar-refractivity contribution in [1.29, 1.82) is 0 Å². The largest absolute Gasteiger partial charge is 0.495 e. The number of aromatic carboxylic acids is 1. The minimum Gasteiger partial charge on any atom is -0.495 e. The van der Waals surface area contributed by atoms with Crippen LogP contribution < -0.4 is 10.1 Å². The Morgan fingerprint density at radius 3 is 2.40 bits per heavy atom. The number of rotatable bonds is 4. The molecule has 2 N–H and O–H groups in total. The fourth-order valence-electron chi connectivity index (χ4n) is 1.73. The highest BCUT2D eigenvalue weighted by molar-refractivity contribution is 6.31. The van der Waals surface area contributed by atoms with Gasteiger partial charge in [0, 0.05) is 10.0 Å². The molecule has 20 heavy (non-hydrogen) atoms. The minimum atomic E-state index is -1.07. The number of methoxy groups -OCH3 is 1. The van der Waals surface area contributed by atoms with Crippen LogP contribution in [0.3, 0.4) is 0 Å². The van der Waals surface area contributed by atoms with E-state index in [2.05, 4.69) is 5.32 Å². The average Bonchev–Trinajstić information content (AvgIpc) is 2.41. The van der Waals surface area contributed by atoms with Crippen molar-refractivity contribution in [2.75, 3.05) is 12.4 Å². The van der Waals surface area contributed by atoms with E-state index in [4.69, 9.17) is 27.9 Å². The quantitative estimate of drug-likeness (QED) is 0.876. The lowest BCUT2D eigenvalue weighted by molar-refractivity contribution is 0.0698. The zero-order valence-electron chi connectivity index (χ0n) is 10.5. The summed E-state index contributed by atoms with van der Waals surface area (Å²) in [5.74, 6) is -0.517. The maximum Gasteiger partial charge on any atom is 0.337 e. The molecule has 0 saturated carbocycles. The van der Waals surface area contributed by atoms with Crippen LogP contribution in [0.5, 0.6) is 5.75 Å². The smallest absolute Gasteiger partial charge is 0.337 e. The second kappa shape index (κ2) is 6.03. The lowest BCUT2D eigenvalue weighted by Crippen LogP contribution is -2.03. The van der Waals surface area contributed by atoms with Crippen LogP contribution in [0.2, 0.25) is 10.0 Å². The highest BCUT2D eigenvalue weighted by Crippen LogP contribution is 2.32. The highest BCUT2D eigenvalue weighted by Gasteiger charge is 2.13. The highest BCUT2D eigenvalue weighted by atomic mass is 35.5. The number of hydrogen-bond acceptors (Lipinski definition) is 3. The molecule has 0 amide bonds. The number of carboxylic acids is 1. The average molecular weight is 312 g/mol. The van der Waals surface area contributed by atoms with Gasteiger partial charge in [0.05, 0.1) is 24.0 Å². The van der Waals surface area contributed by atoms with Gasteiger partial charge in [-0.1, -0.05) is 23.2 Å². The number of hydrogen-bond donors (Lipinski definition) is 2. The van der Waals surface area contributed by atoms with Gasteiger partial charge in [-0.25, -0.2) is 4.79 Å². The van der Waals surface area contributed by atoms with E-state index in [0.717, 1.165) is 0 Å². The van der Waals surface area contributed by atoms with Crippen LogP contribution in [-0.2, 0) is 0 Å².